The minimum atomic E-state index is -4.42. The molecule has 156 valence electrons. The molecule has 30 heavy (non-hydrogen) atoms. The molecular weight excluding hydrogens is 395 g/mol. The van der Waals surface area contributed by atoms with Gasteiger partial charge in [-0.25, -0.2) is 9.67 Å². The number of alkyl halides is 3. The fourth-order valence-electron chi connectivity index (χ4n) is 4.12. The molecule has 0 radical (unpaired) electrons. The van der Waals surface area contributed by atoms with Crippen LogP contribution in [0.4, 0.5) is 13.2 Å². The molecule has 0 saturated heterocycles. The van der Waals surface area contributed by atoms with Crippen LogP contribution in [0.3, 0.4) is 0 Å². The number of nitriles is 1. The van der Waals surface area contributed by atoms with Crippen molar-refractivity contribution in [3.8, 4) is 6.07 Å². The maximum atomic E-state index is 12.9. The van der Waals surface area contributed by atoms with E-state index in [0.717, 1.165) is 25.0 Å². The predicted octanol–water partition coefficient (Wildman–Crippen LogP) is 4.35. The summed E-state index contributed by atoms with van der Waals surface area (Å²) in [4.78, 5) is 20.0. The summed E-state index contributed by atoms with van der Waals surface area (Å²) in [7, 11) is 0. The number of halogens is 3. The van der Waals surface area contributed by atoms with Gasteiger partial charge in [-0.2, -0.15) is 23.5 Å². The monoisotopic (exact) mass is 415 g/mol. The van der Waals surface area contributed by atoms with Crippen LogP contribution in [-0.2, 0) is 12.6 Å². The highest BCUT2D eigenvalue weighted by Gasteiger charge is 2.30. The summed E-state index contributed by atoms with van der Waals surface area (Å²) in [5.41, 5.74) is -0.373. The quantitative estimate of drug-likeness (QED) is 0.686. The first-order valence-electron chi connectivity index (χ1n) is 9.86. The smallest absolute Gasteiger partial charge is 0.310 e. The number of nitrogens with zero attached hydrogens (tertiary/aromatic N) is 4. The van der Waals surface area contributed by atoms with E-state index in [2.05, 4.69) is 15.1 Å². The second-order valence-electron chi connectivity index (χ2n) is 7.77. The van der Waals surface area contributed by atoms with E-state index in [1.807, 2.05) is 6.07 Å². The third-order valence-corrected chi connectivity index (χ3v) is 5.76. The Morgan fingerprint density at radius 1 is 1.27 bits per heavy atom. The van der Waals surface area contributed by atoms with Gasteiger partial charge in [-0.3, -0.25) is 4.79 Å². The Balaban J connectivity index is 1.76. The molecule has 1 fully saturated rings. The van der Waals surface area contributed by atoms with E-state index in [9.17, 15) is 23.2 Å². The molecule has 2 heterocycles. The summed E-state index contributed by atoms with van der Waals surface area (Å²) in [6.45, 7) is 1.75. The average molecular weight is 415 g/mol. The second-order valence-corrected chi connectivity index (χ2v) is 7.77. The van der Waals surface area contributed by atoms with Gasteiger partial charge >= 0.3 is 6.18 Å². The number of nitrogens with one attached hydrogen (secondary N) is 1. The topological polar surface area (TPSA) is 87.4 Å². The normalized spacial score (nSPS) is 16.1. The highest BCUT2D eigenvalue weighted by molar-refractivity contribution is 5.80. The third-order valence-electron chi connectivity index (χ3n) is 5.76. The van der Waals surface area contributed by atoms with Crippen LogP contribution in [0, 0.1) is 17.2 Å². The standard InChI is InChI=1S/C21H20F3N5O/c1-12(14-6-8-15(9-7-14)21(22,23)24)29-19-18(16(11-25)28-29)20(30)27-17(26-19)10-13-4-2-3-5-13/h6-9,12-13H,2-5,10H2,1H3,(H,26,27,30)/t12-/m0/s1. The first kappa shape index (κ1) is 20.1. The average Bonchev–Trinajstić information content (AvgIpc) is 3.34. The third kappa shape index (κ3) is 3.70. The Labute approximate surface area is 170 Å². The van der Waals surface area contributed by atoms with Crippen molar-refractivity contribution in [2.45, 2.75) is 51.2 Å². The summed E-state index contributed by atoms with van der Waals surface area (Å²) in [5, 5.41) is 13.8. The van der Waals surface area contributed by atoms with Gasteiger partial charge in [-0.15, -0.1) is 0 Å². The molecule has 1 aliphatic rings. The van der Waals surface area contributed by atoms with Gasteiger partial charge in [0.15, 0.2) is 11.3 Å². The van der Waals surface area contributed by atoms with Crippen LogP contribution >= 0.6 is 0 Å². The lowest BCUT2D eigenvalue weighted by Gasteiger charge is -2.15. The van der Waals surface area contributed by atoms with Gasteiger partial charge < -0.3 is 4.98 Å². The molecule has 1 aromatic carbocycles. The van der Waals surface area contributed by atoms with Crippen LogP contribution in [0.25, 0.3) is 11.0 Å². The van der Waals surface area contributed by atoms with Crippen molar-refractivity contribution in [3.05, 3.63) is 57.3 Å². The molecule has 0 amide bonds. The molecule has 1 aliphatic carbocycles. The lowest BCUT2D eigenvalue weighted by molar-refractivity contribution is -0.137. The van der Waals surface area contributed by atoms with Gasteiger partial charge in [0.2, 0.25) is 0 Å². The number of H-pyrrole nitrogens is 1. The SMILES string of the molecule is C[C@@H](c1ccc(C(F)(F)F)cc1)n1nc(C#N)c2c(=O)[nH]c(CC3CCCC3)nc21. The highest BCUT2D eigenvalue weighted by atomic mass is 19.4. The Morgan fingerprint density at radius 2 is 1.93 bits per heavy atom. The van der Waals surface area contributed by atoms with Crippen molar-refractivity contribution in [2.75, 3.05) is 0 Å². The predicted molar refractivity (Wildman–Crippen MR) is 104 cm³/mol. The highest BCUT2D eigenvalue weighted by Crippen LogP contribution is 2.31. The van der Waals surface area contributed by atoms with Gasteiger partial charge in [0.1, 0.15) is 17.3 Å². The first-order valence-corrected chi connectivity index (χ1v) is 9.86. The van der Waals surface area contributed by atoms with Crippen LogP contribution in [0.1, 0.15) is 61.3 Å². The number of hydrogen-bond acceptors (Lipinski definition) is 4. The van der Waals surface area contributed by atoms with E-state index in [-0.39, 0.29) is 16.7 Å². The van der Waals surface area contributed by atoms with Gasteiger partial charge in [-0.05, 0) is 30.5 Å². The van der Waals surface area contributed by atoms with E-state index in [4.69, 9.17) is 0 Å². The summed E-state index contributed by atoms with van der Waals surface area (Å²) < 4.78 is 40.0. The molecule has 1 atom stereocenters. The lowest BCUT2D eigenvalue weighted by Crippen LogP contribution is -2.16. The lowest BCUT2D eigenvalue weighted by atomic mass is 10.0. The van der Waals surface area contributed by atoms with Crippen LogP contribution < -0.4 is 5.56 Å². The van der Waals surface area contributed by atoms with Crippen molar-refractivity contribution in [3.63, 3.8) is 0 Å². The zero-order chi connectivity index (χ0) is 21.5. The number of rotatable bonds is 4. The molecule has 3 aromatic rings. The van der Waals surface area contributed by atoms with Crippen LogP contribution in [-0.4, -0.2) is 19.7 Å². The Kier molecular flexibility index (Phi) is 5.10. The number of aromatic amines is 1. The van der Waals surface area contributed by atoms with E-state index in [1.54, 1.807) is 6.92 Å². The molecule has 4 rings (SSSR count). The fourth-order valence-corrected chi connectivity index (χ4v) is 4.12. The van der Waals surface area contributed by atoms with Crippen molar-refractivity contribution in [2.24, 2.45) is 5.92 Å². The van der Waals surface area contributed by atoms with Crippen LogP contribution in [0.2, 0.25) is 0 Å². The maximum absolute atomic E-state index is 12.9. The van der Waals surface area contributed by atoms with Crippen molar-refractivity contribution < 1.29 is 13.2 Å². The van der Waals surface area contributed by atoms with Gasteiger partial charge in [0, 0.05) is 6.42 Å². The van der Waals surface area contributed by atoms with Crippen molar-refractivity contribution in [1.82, 2.24) is 19.7 Å². The Hall–Kier alpha value is -3.15. The molecule has 1 saturated carbocycles. The maximum Gasteiger partial charge on any atom is 0.416 e. The van der Waals surface area contributed by atoms with E-state index in [0.29, 0.717) is 23.7 Å². The second kappa shape index (κ2) is 7.59. The van der Waals surface area contributed by atoms with Gasteiger partial charge in [-0.1, -0.05) is 37.8 Å². The Bertz CT molecular complexity index is 1160. The molecule has 2 aromatic heterocycles. The number of aromatic nitrogens is 4. The van der Waals surface area contributed by atoms with Crippen molar-refractivity contribution >= 4 is 11.0 Å². The molecule has 6 nitrogen and oxygen atoms in total. The summed E-state index contributed by atoms with van der Waals surface area (Å²) in [6, 6.07) is 6.18. The van der Waals surface area contributed by atoms with Gasteiger partial charge in [0.05, 0.1) is 11.6 Å². The van der Waals surface area contributed by atoms with Crippen molar-refractivity contribution in [1.29, 1.82) is 5.26 Å². The molecular formula is C21H20F3N5O. The largest absolute Gasteiger partial charge is 0.416 e. The fraction of sp³-hybridized carbons (Fsp3) is 0.429. The molecule has 0 aliphatic heterocycles. The number of fused-ring (bicyclic) bond motifs is 1. The number of hydrogen-bond donors (Lipinski definition) is 1. The minimum Gasteiger partial charge on any atom is -0.310 e. The van der Waals surface area contributed by atoms with Crippen LogP contribution in [0.5, 0.6) is 0 Å². The van der Waals surface area contributed by atoms with E-state index in [1.165, 1.54) is 29.7 Å². The summed E-state index contributed by atoms with van der Waals surface area (Å²) >= 11 is 0. The van der Waals surface area contributed by atoms with E-state index < -0.39 is 23.3 Å². The van der Waals surface area contributed by atoms with Crippen LogP contribution in [0.15, 0.2) is 29.1 Å². The molecule has 0 unspecified atom stereocenters. The first-order chi connectivity index (χ1) is 14.3. The number of benzene rings is 1. The zero-order valence-electron chi connectivity index (χ0n) is 16.3. The molecule has 0 bridgehead atoms. The molecule has 0 spiro atoms. The molecule has 1 N–H and O–H groups in total. The minimum absolute atomic E-state index is 0.0510. The molecule has 9 heteroatoms. The van der Waals surface area contributed by atoms with Gasteiger partial charge in [0.25, 0.3) is 5.56 Å². The summed E-state index contributed by atoms with van der Waals surface area (Å²) in [5.74, 6) is 1.01. The van der Waals surface area contributed by atoms with E-state index >= 15 is 0 Å². The Morgan fingerprint density at radius 3 is 2.53 bits per heavy atom. The summed E-state index contributed by atoms with van der Waals surface area (Å²) in [6.07, 6.45) is 0.737. The zero-order valence-corrected chi connectivity index (χ0v) is 16.3.